The fraction of sp³-hybridized carbons (Fsp3) is 0.304. The molecule has 33 heavy (non-hydrogen) atoms. The van der Waals surface area contributed by atoms with Crippen molar-refractivity contribution in [2.75, 3.05) is 26.6 Å². The number of amides is 1. The summed E-state index contributed by atoms with van der Waals surface area (Å²) in [5, 5.41) is 13.3. The van der Waals surface area contributed by atoms with E-state index < -0.39 is 0 Å². The van der Waals surface area contributed by atoms with Gasteiger partial charge in [-0.05, 0) is 44.2 Å². The first-order chi connectivity index (χ1) is 16.1. The standard InChI is InChI=1S/C23H27N5O4S/c1-5-28-22(16-11-12-19(30-3)20(13-16)31-4)26-27-23(28)33-15-21(29)25-24-14-17-9-7-8-10-18(17)32-6-2/h7-14H,5-6,15H2,1-4H3,(H,25,29)/b24-14+. The minimum Gasteiger partial charge on any atom is -0.493 e. The first kappa shape index (κ1) is 24.1. The molecule has 0 aliphatic carbocycles. The van der Waals surface area contributed by atoms with Crippen LogP contribution in [0.25, 0.3) is 11.4 Å². The van der Waals surface area contributed by atoms with Gasteiger partial charge in [0.15, 0.2) is 22.5 Å². The van der Waals surface area contributed by atoms with Crippen molar-refractivity contribution in [1.82, 2.24) is 20.2 Å². The van der Waals surface area contributed by atoms with Crippen LogP contribution in [0.3, 0.4) is 0 Å². The maximum atomic E-state index is 12.3. The second-order valence-electron chi connectivity index (χ2n) is 6.67. The number of rotatable bonds is 11. The molecule has 0 unspecified atom stereocenters. The molecule has 0 bridgehead atoms. The van der Waals surface area contributed by atoms with Gasteiger partial charge >= 0.3 is 0 Å². The molecule has 1 heterocycles. The molecule has 174 valence electrons. The number of aromatic nitrogens is 3. The minimum absolute atomic E-state index is 0.147. The van der Waals surface area contributed by atoms with E-state index in [1.54, 1.807) is 20.4 Å². The van der Waals surface area contributed by atoms with Gasteiger partial charge in [0.1, 0.15) is 5.75 Å². The van der Waals surface area contributed by atoms with Crippen molar-refractivity contribution in [1.29, 1.82) is 0 Å². The predicted molar refractivity (Wildman–Crippen MR) is 128 cm³/mol. The molecule has 0 atom stereocenters. The van der Waals surface area contributed by atoms with Gasteiger partial charge < -0.3 is 18.8 Å². The number of para-hydroxylation sites is 1. The van der Waals surface area contributed by atoms with E-state index in [0.29, 0.717) is 41.4 Å². The van der Waals surface area contributed by atoms with Crippen molar-refractivity contribution in [2.45, 2.75) is 25.5 Å². The summed E-state index contributed by atoms with van der Waals surface area (Å²) < 4.78 is 18.2. The third-order valence-electron chi connectivity index (χ3n) is 4.62. The highest BCUT2D eigenvalue weighted by molar-refractivity contribution is 7.99. The molecule has 0 aliphatic heterocycles. The molecule has 1 aromatic heterocycles. The van der Waals surface area contributed by atoms with Gasteiger partial charge in [-0.2, -0.15) is 5.10 Å². The first-order valence-electron chi connectivity index (χ1n) is 10.4. The molecule has 0 aliphatic rings. The lowest BCUT2D eigenvalue weighted by molar-refractivity contribution is -0.118. The molecular weight excluding hydrogens is 442 g/mol. The van der Waals surface area contributed by atoms with Crippen LogP contribution in [0.2, 0.25) is 0 Å². The van der Waals surface area contributed by atoms with E-state index in [-0.39, 0.29) is 11.7 Å². The Kier molecular flexibility index (Phi) is 8.71. The number of ether oxygens (including phenoxy) is 3. The summed E-state index contributed by atoms with van der Waals surface area (Å²) >= 11 is 1.29. The zero-order chi connectivity index (χ0) is 23.6. The number of nitrogens with zero attached hydrogens (tertiary/aromatic N) is 4. The number of methoxy groups -OCH3 is 2. The van der Waals surface area contributed by atoms with Crippen LogP contribution in [-0.4, -0.2) is 53.5 Å². The van der Waals surface area contributed by atoms with Crippen LogP contribution in [0.1, 0.15) is 19.4 Å². The number of hydrazone groups is 1. The van der Waals surface area contributed by atoms with Gasteiger partial charge in [0, 0.05) is 17.7 Å². The quantitative estimate of drug-likeness (QED) is 0.260. The van der Waals surface area contributed by atoms with Gasteiger partial charge in [0.2, 0.25) is 0 Å². The van der Waals surface area contributed by atoms with Crippen molar-refractivity contribution in [3.05, 3.63) is 48.0 Å². The third kappa shape index (κ3) is 6.04. The lowest BCUT2D eigenvalue weighted by atomic mass is 10.2. The van der Waals surface area contributed by atoms with E-state index in [0.717, 1.165) is 11.1 Å². The third-order valence-corrected chi connectivity index (χ3v) is 5.59. The van der Waals surface area contributed by atoms with Gasteiger partial charge in [-0.25, -0.2) is 5.43 Å². The number of hydrogen-bond acceptors (Lipinski definition) is 8. The summed E-state index contributed by atoms with van der Waals surface area (Å²) in [6.07, 6.45) is 1.57. The van der Waals surface area contributed by atoms with E-state index in [1.165, 1.54) is 11.8 Å². The highest BCUT2D eigenvalue weighted by Crippen LogP contribution is 2.32. The number of thioether (sulfide) groups is 1. The molecule has 3 rings (SSSR count). The Balaban J connectivity index is 1.64. The minimum atomic E-state index is -0.247. The average Bonchev–Trinajstić information content (AvgIpc) is 3.26. The van der Waals surface area contributed by atoms with E-state index in [1.807, 2.05) is 60.9 Å². The van der Waals surface area contributed by atoms with Gasteiger partial charge in [0.05, 0.1) is 32.8 Å². The fourth-order valence-corrected chi connectivity index (χ4v) is 3.87. The lowest BCUT2D eigenvalue weighted by Crippen LogP contribution is -2.20. The number of carbonyl (C=O) groups is 1. The molecule has 10 heteroatoms. The monoisotopic (exact) mass is 469 g/mol. The Bertz CT molecular complexity index is 1120. The molecule has 1 N–H and O–H groups in total. The van der Waals surface area contributed by atoms with Crippen LogP contribution in [0.5, 0.6) is 17.2 Å². The summed E-state index contributed by atoms with van der Waals surface area (Å²) in [6, 6.07) is 13.1. The van der Waals surface area contributed by atoms with Crippen molar-refractivity contribution < 1.29 is 19.0 Å². The molecule has 0 fully saturated rings. The molecule has 1 amide bonds. The molecule has 0 saturated carbocycles. The molecule has 3 aromatic rings. The second-order valence-corrected chi connectivity index (χ2v) is 7.62. The molecule has 0 spiro atoms. The number of nitrogens with one attached hydrogen (secondary N) is 1. The van der Waals surface area contributed by atoms with Gasteiger partial charge in [-0.1, -0.05) is 23.9 Å². The smallest absolute Gasteiger partial charge is 0.250 e. The Morgan fingerprint density at radius 2 is 1.88 bits per heavy atom. The Hall–Kier alpha value is -3.53. The summed E-state index contributed by atoms with van der Waals surface area (Å²) in [5.74, 6) is 2.55. The highest BCUT2D eigenvalue weighted by atomic mass is 32.2. The molecule has 0 radical (unpaired) electrons. The van der Waals surface area contributed by atoms with E-state index in [4.69, 9.17) is 14.2 Å². The SMILES string of the molecule is CCOc1ccccc1/C=N/NC(=O)CSc1nnc(-c2ccc(OC)c(OC)c2)n1CC. The summed E-state index contributed by atoms with van der Waals surface area (Å²) in [5.41, 5.74) is 4.17. The van der Waals surface area contributed by atoms with Crippen LogP contribution in [0, 0.1) is 0 Å². The lowest BCUT2D eigenvalue weighted by Gasteiger charge is -2.10. The molecule has 0 saturated heterocycles. The number of carbonyl (C=O) groups excluding carboxylic acids is 1. The van der Waals surface area contributed by atoms with E-state index in [9.17, 15) is 4.79 Å². The van der Waals surface area contributed by atoms with Crippen LogP contribution in [-0.2, 0) is 11.3 Å². The van der Waals surface area contributed by atoms with Crippen LogP contribution < -0.4 is 19.6 Å². The predicted octanol–water partition coefficient (Wildman–Crippen LogP) is 3.62. The fourth-order valence-electron chi connectivity index (χ4n) is 3.08. The van der Waals surface area contributed by atoms with Gasteiger partial charge in [-0.15, -0.1) is 10.2 Å². The van der Waals surface area contributed by atoms with E-state index >= 15 is 0 Å². The normalized spacial score (nSPS) is 10.9. The van der Waals surface area contributed by atoms with Crippen molar-refractivity contribution >= 4 is 23.9 Å². The topological polar surface area (TPSA) is 99.9 Å². The Labute approximate surface area is 197 Å². The van der Waals surface area contributed by atoms with Crippen LogP contribution in [0.4, 0.5) is 0 Å². The van der Waals surface area contributed by atoms with Crippen molar-refractivity contribution in [3.63, 3.8) is 0 Å². The van der Waals surface area contributed by atoms with Gasteiger partial charge in [-0.3, -0.25) is 4.79 Å². The largest absolute Gasteiger partial charge is 0.493 e. The molecular formula is C23H27N5O4S. The Morgan fingerprint density at radius 1 is 1.09 bits per heavy atom. The van der Waals surface area contributed by atoms with Crippen molar-refractivity contribution in [3.8, 4) is 28.6 Å². The highest BCUT2D eigenvalue weighted by Gasteiger charge is 2.16. The molecule has 9 nitrogen and oxygen atoms in total. The second kappa shape index (κ2) is 11.9. The maximum absolute atomic E-state index is 12.3. The van der Waals surface area contributed by atoms with Crippen molar-refractivity contribution in [2.24, 2.45) is 5.10 Å². The summed E-state index contributed by atoms with van der Waals surface area (Å²) in [7, 11) is 3.18. The van der Waals surface area contributed by atoms with Crippen LogP contribution >= 0.6 is 11.8 Å². The van der Waals surface area contributed by atoms with Crippen LogP contribution in [0.15, 0.2) is 52.7 Å². The van der Waals surface area contributed by atoms with Gasteiger partial charge in [0.25, 0.3) is 5.91 Å². The number of hydrogen-bond donors (Lipinski definition) is 1. The number of benzene rings is 2. The average molecular weight is 470 g/mol. The maximum Gasteiger partial charge on any atom is 0.250 e. The Morgan fingerprint density at radius 3 is 2.61 bits per heavy atom. The van der Waals surface area contributed by atoms with E-state index in [2.05, 4.69) is 20.7 Å². The zero-order valence-corrected chi connectivity index (χ0v) is 19.9. The summed E-state index contributed by atoms with van der Waals surface area (Å²) in [4.78, 5) is 12.3. The summed E-state index contributed by atoms with van der Waals surface area (Å²) in [6.45, 7) is 5.11. The zero-order valence-electron chi connectivity index (χ0n) is 19.1. The molecule has 2 aromatic carbocycles. The first-order valence-corrected chi connectivity index (χ1v) is 11.4.